The zero-order valence-corrected chi connectivity index (χ0v) is 12.5. The van der Waals surface area contributed by atoms with Crippen molar-refractivity contribution in [1.82, 2.24) is 9.78 Å². The molecule has 0 aliphatic carbocycles. The van der Waals surface area contributed by atoms with Crippen molar-refractivity contribution in [3.05, 3.63) is 36.0 Å². The van der Waals surface area contributed by atoms with Crippen LogP contribution in [0.5, 0.6) is 0 Å². The van der Waals surface area contributed by atoms with Crippen LogP contribution in [0.4, 0.5) is 26.8 Å². The lowest BCUT2D eigenvalue weighted by Gasteiger charge is -2.09. The molecule has 0 saturated heterocycles. The normalized spacial score (nSPS) is 9.95. The minimum atomic E-state index is -0.577. The number of carbonyl (C=O) groups is 2. The fourth-order valence-electron chi connectivity index (χ4n) is 1.85. The molecule has 0 atom stereocenters. The maximum absolute atomic E-state index is 12.0. The van der Waals surface area contributed by atoms with Crippen molar-refractivity contribution < 1.29 is 14.3 Å². The van der Waals surface area contributed by atoms with Crippen LogP contribution in [-0.2, 0) is 11.8 Å². The summed E-state index contributed by atoms with van der Waals surface area (Å²) in [5.41, 5.74) is 1.85. The molecule has 2 aromatic rings. The van der Waals surface area contributed by atoms with Gasteiger partial charge in [0.1, 0.15) is 5.82 Å². The van der Waals surface area contributed by atoms with Crippen molar-refractivity contribution in [2.24, 2.45) is 7.05 Å². The molecule has 1 heterocycles. The first kappa shape index (κ1) is 15.4. The van der Waals surface area contributed by atoms with Crippen LogP contribution in [0, 0.1) is 6.92 Å². The number of hydrogen-bond donors (Lipinski definition) is 3. The van der Waals surface area contributed by atoms with Crippen molar-refractivity contribution in [2.75, 3.05) is 23.1 Å². The maximum atomic E-state index is 12.0. The van der Waals surface area contributed by atoms with Gasteiger partial charge in [-0.25, -0.2) is 9.59 Å². The Morgan fingerprint density at radius 3 is 2.41 bits per heavy atom. The number of anilines is 3. The number of benzene rings is 1. The van der Waals surface area contributed by atoms with E-state index in [0.29, 0.717) is 17.2 Å². The number of nitrogens with one attached hydrogen (secondary N) is 3. The van der Waals surface area contributed by atoms with Crippen molar-refractivity contribution >= 4 is 29.3 Å². The summed E-state index contributed by atoms with van der Waals surface area (Å²) in [6.07, 6.45) is -0.577. The third kappa shape index (κ3) is 3.98. The predicted molar refractivity (Wildman–Crippen MR) is 83.1 cm³/mol. The highest BCUT2D eigenvalue weighted by molar-refractivity contribution is 5.99. The summed E-state index contributed by atoms with van der Waals surface area (Å²) in [6.45, 7) is 1.84. The van der Waals surface area contributed by atoms with Crippen LogP contribution in [0.2, 0.25) is 0 Å². The van der Waals surface area contributed by atoms with Crippen LogP contribution in [-0.4, -0.2) is 29.0 Å². The molecule has 1 aromatic carbocycles. The zero-order valence-electron chi connectivity index (χ0n) is 12.5. The smallest absolute Gasteiger partial charge is 0.411 e. The van der Waals surface area contributed by atoms with E-state index in [1.807, 2.05) is 6.92 Å². The molecule has 0 aliphatic rings. The predicted octanol–water partition coefficient (Wildman–Crippen LogP) is 2.55. The van der Waals surface area contributed by atoms with E-state index in [-0.39, 0.29) is 0 Å². The van der Waals surface area contributed by atoms with Crippen LogP contribution in [0.25, 0.3) is 0 Å². The number of carbonyl (C=O) groups excluding carboxylic acids is 2. The Kier molecular flexibility index (Phi) is 4.62. The Morgan fingerprint density at radius 1 is 1.14 bits per heavy atom. The van der Waals surface area contributed by atoms with Crippen LogP contribution in [0.3, 0.4) is 0 Å². The second-order valence-corrected chi connectivity index (χ2v) is 4.57. The number of urea groups is 1. The standard InChI is InChI=1S/C14H17N5O3/c1-9-7-12(19(2)18-9)17-13(20)15-10-5-4-6-11(8-10)16-14(21)22-3/h4-8H,1-3H3,(H,16,21)(H2,15,17,20). The third-order valence-corrected chi connectivity index (χ3v) is 2.80. The second-order valence-electron chi connectivity index (χ2n) is 4.57. The monoisotopic (exact) mass is 303 g/mol. The molecule has 0 fully saturated rings. The zero-order chi connectivity index (χ0) is 16.1. The van der Waals surface area contributed by atoms with Gasteiger partial charge in [0.25, 0.3) is 0 Å². The number of hydrogen-bond acceptors (Lipinski definition) is 4. The Hall–Kier alpha value is -3.03. The van der Waals surface area contributed by atoms with E-state index in [1.54, 1.807) is 42.1 Å². The molecule has 3 amide bonds. The van der Waals surface area contributed by atoms with E-state index in [9.17, 15) is 9.59 Å². The highest BCUT2D eigenvalue weighted by Crippen LogP contribution is 2.16. The average Bonchev–Trinajstić information content (AvgIpc) is 2.76. The van der Waals surface area contributed by atoms with Gasteiger partial charge < -0.3 is 10.1 Å². The Labute approximate surface area is 127 Å². The number of nitrogens with zero attached hydrogens (tertiary/aromatic N) is 2. The molecule has 0 saturated carbocycles. The first-order chi connectivity index (χ1) is 10.5. The number of methoxy groups -OCH3 is 1. The number of aromatic nitrogens is 2. The van der Waals surface area contributed by atoms with Crippen molar-refractivity contribution in [3.8, 4) is 0 Å². The summed E-state index contributed by atoms with van der Waals surface area (Å²) in [5, 5.41) is 12.0. The fraction of sp³-hybridized carbons (Fsp3) is 0.214. The quantitative estimate of drug-likeness (QED) is 0.811. The lowest BCUT2D eigenvalue weighted by Crippen LogP contribution is -2.21. The van der Waals surface area contributed by atoms with Gasteiger partial charge in [0, 0.05) is 24.5 Å². The second kappa shape index (κ2) is 6.61. The lowest BCUT2D eigenvalue weighted by molar-refractivity contribution is 0.187. The molecular weight excluding hydrogens is 286 g/mol. The molecule has 116 valence electrons. The largest absolute Gasteiger partial charge is 0.453 e. The molecule has 0 bridgehead atoms. The summed E-state index contributed by atoms with van der Waals surface area (Å²) in [7, 11) is 3.02. The van der Waals surface area contributed by atoms with Gasteiger partial charge in [-0.1, -0.05) is 6.07 Å². The van der Waals surface area contributed by atoms with E-state index >= 15 is 0 Å². The Morgan fingerprint density at radius 2 is 1.82 bits per heavy atom. The molecule has 2 rings (SSSR count). The maximum Gasteiger partial charge on any atom is 0.411 e. The van der Waals surface area contributed by atoms with Crippen molar-refractivity contribution in [2.45, 2.75) is 6.92 Å². The number of ether oxygens (including phenoxy) is 1. The van der Waals surface area contributed by atoms with Gasteiger partial charge >= 0.3 is 12.1 Å². The number of amides is 3. The summed E-state index contributed by atoms with van der Waals surface area (Å²) in [6, 6.07) is 8.06. The minimum absolute atomic E-state index is 0.404. The van der Waals surface area contributed by atoms with Crippen molar-refractivity contribution in [1.29, 1.82) is 0 Å². The topological polar surface area (TPSA) is 97.3 Å². The Balaban J connectivity index is 2.01. The van der Waals surface area contributed by atoms with E-state index in [1.165, 1.54) is 7.11 Å². The van der Waals surface area contributed by atoms with Gasteiger partial charge in [-0.2, -0.15) is 5.10 Å². The highest BCUT2D eigenvalue weighted by atomic mass is 16.5. The van der Waals surface area contributed by atoms with Gasteiger partial charge in [0.2, 0.25) is 0 Å². The van der Waals surface area contributed by atoms with E-state index in [0.717, 1.165) is 5.69 Å². The molecule has 0 radical (unpaired) electrons. The van der Waals surface area contributed by atoms with Crippen molar-refractivity contribution in [3.63, 3.8) is 0 Å². The molecule has 0 spiro atoms. The van der Waals surface area contributed by atoms with Gasteiger partial charge in [0.05, 0.1) is 12.8 Å². The summed E-state index contributed by atoms with van der Waals surface area (Å²) in [4.78, 5) is 23.1. The van der Waals surface area contributed by atoms with Crippen LogP contribution in [0.1, 0.15) is 5.69 Å². The van der Waals surface area contributed by atoms with E-state index in [4.69, 9.17) is 0 Å². The van der Waals surface area contributed by atoms with Gasteiger partial charge in [-0.05, 0) is 25.1 Å². The fourth-order valence-corrected chi connectivity index (χ4v) is 1.85. The lowest BCUT2D eigenvalue weighted by atomic mass is 10.3. The summed E-state index contributed by atoms with van der Waals surface area (Å²) >= 11 is 0. The first-order valence-electron chi connectivity index (χ1n) is 6.51. The molecule has 1 aromatic heterocycles. The Bertz CT molecular complexity index is 696. The number of rotatable bonds is 3. The minimum Gasteiger partial charge on any atom is -0.453 e. The number of aryl methyl sites for hydroxylation is 2. The molecule has 3 N–H and O–H groups in total. The molecule has 8 nitrogen and oxygen atoms in total. The van der Waals surface area contributed by atoms with Gasteiger partial charge in [-0.15, -0.1) is 0 Å². The molecule has 0 unspecified atom stereocenters. The highest BCUT2D eigenvalue weighted by Gasteiger charge is 2.08. The molecular formula is C14H17N5O3. The average molecular weight is 303 g/mol. The molecule has 8 heteroatoms. The summed E-state index contributed by atoms with van der Waals surface area (Å²) in [5.74, 6) is 0.582. The SMILES string of the molecule is COC(=O)Nc1cccc(NC(=O)Nc2cc(C)nn2C)c1. The van der Waals surface area contributed by atoms with E-state index < -0.39 is 12.1 Å². The van der Waals surface area contributed by atoms with Crippen LogP contribution < -0.4 is 16.0 Å². The molecule has 22 heavy (non-hydrogen) atoms. The van der Waals surface area contributed by atoms with Crippen LogP contribution in [0.15, 0.2) is 30.3 Å². The third-order valence-electron chi connectivity index (χ3n) is 2.80. The summed E-state index contributed by atoms with van der Waals surface area (Å²) < 4.78 is 6.08. The molecule has 0 aliphatic heterocycles. The van der Waals surface area contributed by atoms with E-state index in [2.05, 4.69) is 25.8 Å². The van der Waals surface area contributed by atoms with Gasteiger partial charge in [0.15, 0.2) is 0 Å². The van der Waals surface area contributed by atoms with Gasteiger partial charge in [-0.3, -0.25) is 15.3 Å². The first-order valence-corrected chi connectivity index (χ1v) is 6.51. The van der Waals surface area contributed by atoms with Crippen LogP contribution >= 0.6 is 0 Å².